The Balaban J connectivity index is 1.54. The minimum atomic E-state index is -0.392. The molecule has 0 N–H and O–H groups in total. The molecule has 0 aliphatic carbocycles. The second kappa shape index (κ2) is 7.16. The Morgan fingerprint density at radius 3 is 2.64 bits per heavy atom. The number of esters is 1. The van der Waals surface area contributed by atoms with Crippen LogP contribution >= 0.6 is 11.3 Å². The quantitative estimate of drug-likeness (QED) is 0.482. The van der Waals surface area contributed by atoms with Crippen LogP contribution in [0, 0.1) is 20.8 Å². The third-order valence-corrected chi connectivity index (χ3v) is 5.46. The average molecular weight is 392 g/mol. The van der Waals surface area contributed by atoms with E-state index < -0.39 is 5.97 Å². The van der Waals surface area contributed by atoms with Crippen molar-refractivity contribution in [1.82, 2.24) is 19.7 Å². The molecular weight excluding hydrogens is 372 g/mol. The number of fused-ring (bicyclic) bond motifs is 1. The van der Waals surface area contributed by atoms with Crippen LogP contribution in [0.2, 0.25) is 0 Å². The van der Waals surface area contributed by atoms with Gasteiger partial charge in [-0.05, 0) is 26.8 Å². The fourth-order valence-corrected chi connectivity index (χ4v) is 3.96. The molecule has 0 fully saturated rings. The molecule has 142 valence electrons. The zero-order valence-electron chi connectivity index (χ0n) is 16.2. The Bertz CT molecular complexity index is 1180. The maximum atomic E-state index is 12.7. The number of aryl methyl sites for hydroxylation is 4. The molecule has 0 saturated heterocycles. The predicted molar refractivity (Wildman–Crippen MR) is 109 cm³/mol. The Morgan fingerprint density at radius 1 is 1.14 bits per heavy atom. The first-order chi connectivity index (χ1) is 13.4. The monoisotopic (exact) mass is 392 g/mol. The van der Waals surface area contributed by atoms with E-state index in [2.05, 4.69) is 34.1 Å². The summed E-state index contributed by atoms with van der Waals surface area (Å²) >= 11 is 1.54. The summed E-state index contributed by atoms with van der Waals surface area (Å²) < 4.78 is 7.23. The van der Waals surface area contributed by atoms with Crippen molar-refractivity contribution in [2.45, 2.75) is 27.4 Å². The van der Waals surface area contributed by atoms with Crippen LogP contribution in [0.15, 0.2) is 35.7 Å². The van der Waals surface area contributed by atoms with Crippen molar-refractivity contribution in [2.24, 2.45) is 7.05 Å². The van der Waals surface area contributed by atoms with Crippen molar-refractivity contribution in [3.8, 4) is 10.6 Å². The molecule has 1 aromatic carbocycles. The van der Waals surface area contributed by atoms with E-state index in [0.717, 1.165) is 33.0 Å². The third kappa shape index (κ3) is 3.41. The zero-order chi connectivity index (χ0) is 19.8. The van der Waals surface area contributed by atoms with E-state index in [4.69, 9.17) is 4.74 Å². The van der Waals surface area contributed by atoms with Gasteiger partial charge in [0.2, 0.25) is 0 Å². The average Bonchev–Trinajstić information content (AvgIpc) is 3.25. The maximum absolute atomic E-state index is 12.7. The molecule has 0 bridgehead atoms. The van der Waals surface area contributed by atoms with E-state index in [9.17, 15) is 4.79 Å². The lowest BCUT2D eigenvalue weighted by Crippen LogP contribution is -2.08. The van der Waals surface area contributed by atoms with Crippen LogP contribution in [0.1, 0.15) is 33.0 Å². The van der Waals surface area contributed by atoms with Crippen molar-refractivity contribution < 1.29 is 9.53 Å². The van der Waals surface area contributed by atoms with E-state index in [1.807, 2.05) is 38.4 Å². The second-order valence-electron chi connectivity index (χ2n) is 6.80. The van der Waals surface area contributed by atoms with Gasteiger partial charge in [0.1, 0.15) is 11.6 Å². The standard InChI is InChI=1S/C21H20N4O2S/c1-12-5-7-15(8-6-12)20-23-16(11-28-20)10-27-21(26)17-9-13(2)22-19-18(17)14(3)24-25(19)4/h5-9,11H,10H2,1-4H3. The van der Waals surface area contributed by atoms with E-state index >= 15 is 0 Å². The molecule has 0 amide bonds. The summed E-state index contributed by atoms with van der Waals surface area (Å²) in [6.45, 7) is 5.90. The van der Waals surface area contributed by atoms with Crippen LogP contribution in [0.3, 0.4) is 0 Å². The maximum Gasteiger partial charge on any atom is 0.339 e. The number of carbonyl (C=O) groups is 1. The summed E-state index contributed by atoms with van der Waals surface area (Å²) in [6, 6.07) is 9.96. The molecule has 6 nitrogen and oxygen atoms in total. The molecule has 3 heterocycles. The minimum Gasteiger partial charge on any atom is -0.456 e. The highest BCUT2D eigenvalue weighted by molar-refractivity contribution is 7.13. The number of thiazole rings is 1. The van der Waals surface area contributed by atoms with Crippen molar-refractivity contribution in [3.05, 3.63) is 63.9 Å². The zero-order valence-corrected chi connectivity index (χ0v) is 17.0. The Morgan fingerprint density at radius 2 is 1.89 bits per heavy atom. The summed E-state index contributed by atoms with van der Waals surface area (Å²) in [4.78, 5) is 21.8. The smallest absolute Gasteiger partial charge is 0.339 e. The summed E-state index contributed by atoms with van der Waals surface area (Å²) in [6.07, 6.45) is 0. The molecule has 0 spiro atoms. The molecule has 0 aliphatic heterocycles. The van der Waals surface area contributed by atoms with Crippen LogP contribution in [-0.4, -0.2) is 25.7 Å². The highest BCUT2D eigenvalue weighted by atomic mass is 32.1. The second-order valence-corrected chi connectivity index (χ2v) is 7.66. The summed E-state index contributed by atoms with van der Waals surface area (Å²) in [5.74, 6) is -0.392. The number of carbonyl (C=O) groups excluding carboxylic acids is 1. The first-order valence-electron chi connectivity index (χ1n) is 8.92. The first-order valence-corrected chi connectivity index (χ1v) is 9.80. The fourth-order valence-electron chi connectivity index (χ4n) is 3.15. The number of aromatic nitrogens is 4. The van der Waals surface area contributed by atoms with Gasteiger partial charge in [-0.25, -0.2) is 14.8 Å². The van der Waals surface area contributed by atoms with Crippen molar-refractivity contribution in [1.29, 1.82) is 0 Å². The highest BCUT2D eigenvalue weighted by Gasteiger charge is 2.19. The van der Waals surface area contributed by atoms with E-state index in [0.29, 0.717) is 11.2 Å². The van der Waals surface area contributed by atoms with Crippen molar-refractivity contribution >= 4 is 28.3 Å². The SMILES string of the molecule is Cc1ccc(-c2nc(COC(=O)c3cc(C)nc4c3c(C)nn4C)cs2)cc1. The molecule has 7 heteroatoms. The van der Waals surface area contributed by atoms with Gasteiger partial charge >= 0.3 is 5.97 Å². The Labute approximate surface area is 166 Å². The fraction of sp³-hybridized carbons (Fsp3) is 0.238. The largest absolute Gasteiger partial charge is 0.456 e. The van der Waals surface area contributed by atoms with Gasteiger partial charge in [0.05, 0.1) is 22.3 Å². The summed E-state index contributed by atoms with van der Waals surface area (Å²) in [5.41, 5.74) is 5.68. The molecule has 0 saturated carbocycles. The molecule has 0 aliphatic rings. The first kappa shape index (κ1) is 18.3. The molecule has 0 unspecified atom stereocenters. The molecule has 4 aromatic rings. The molecule has 0 atom stereocenters. The molecule has 4 rings (SSSR count). The van der Waals surface area contributed by atoms with Gasteiger partial charge in [0, 0.05) is 23.7 Å². The van der Waals surface area contributed by atoms with Crippen LogP contribution in [0.5, 0.6) is 0 Å². The number of nitrogens with zero attached hydrogens (tertiary/aromatic N) is 4. The molecule has 3 aromatic heterocycles. The van der Waals surface area contributed by atoms with Crippen molar-refractivity contribution in [2.75, 3.05) is 0 Å². The highest BCUT2D eigenvalue weighted by Crippen LogP contribution is 2.25. The van der Waals surface area contributed by atoms with Gasteiger partial charge in [0.25, 0.3) is 0 Å². The topological polar surface area (TPSA) is 69.9 Å². The van der Waals surface area contributed by atoms with E-state index in [-0.39, 0.29) is 6.61 Å². The number of hydrogen-bond donors (Lipinski definition) is 0. The molecule has 28 heavy (non-hydrogen) atoms. The number of benzene rings is 1. The van der Waals surface area contributed by atoms with Gasteiger partial charge < -0.3 is 4.74 Å². The van der Waals surface area contributed by atoms with Gasteiger partial charge in [-0.3, -0.25) is 4.68 Å². The van der Waals surface area contributed by atoms with Gasteiger partial charge in [-0.1, -0.05) is 29.8 Å². The van der Waals surface area contributed by atoms with Gasteiger partial charge in [-0.15, -0.1) is 11.3 Å². The van der Waals surface area contributed by atoms with Crippen LogP contribution < -0.4 is 0 Å². The Hall–Kier alpha value is -3.06. The van der Waals surface area contributed by atoms with E-state index in [1.165, 1.54) is 5.56 Å². The van der Waals surface area contributed by atoms with Crippen LogP contribution in [-0.2, 0) is 18.4 Å². The predicted octanol–water partition coefficient (Wildman–Crippen LogP) is 4.37. The third-order valence-electron chi connectivity index (χ3n) is 4.52. The normalized spacial score (nSPS) is 11.1. The van der Waals surface area contributed by atoms with Gasteiger partial charge in [-0.2, -0.15) is 5.10 Å². The minimum absolute atomic E-state index is 0.128. The van der Waals surface area contributed by atoms with E-state index in [1.54, 1.807) is 22.1 Å². The summed E-state index contributed by atoms with van der Waals surface area (Å²) in [7, 11) is 1.82. The number of hydrogen-bond acceptors (Lipinski definition) is 6. The number of pyridine rings is 1. The molecular formula is C21H20N4O2S. The lowest BCUT2D eigenvalue weighted by molar-refractivity contribution is 0.0470. The number of ether oxygens (including phenoxy) is 1. The lowest BCUT2D eigenvalue weighted by Gasteiger charge is -2.06. The van der Waals surface area contributed by atoms with Crippen molar-refractivity contribution in [3.63, 3.8) is 0 Å². The van der Waals surface area contributed by atoms with Crippen LogP contribution in [0.4, 0.5) is 0 Å². The van der Waals surface area contributed by atoms with Crippen LogP contribution in [0.25, 0.3) is 21.6 Å². The summed E-state index contributed by atoms with van der Waals surface area (Å²) in [5, 5.41) is 7.94. The van der Waals surface area contributed by atoms with Gasteiger partial charge in [0.15, 0.2) is 5.65 Å². The molecule has 0 radical (unpaired) electrons. The Kier molecular flexibility index (Phi) is 4.68. The number of rotatable bonds is 4. The lowest BCUT2D eigenvalue weighted by atomic mass is 10.1.